The van der Waals surface area contributed by atoms with Crippen LogP contribution in [0.3, 0.4) is 0 Å². The van der Waals surface area contributed by atoms with Crippen LogP contribution in [0.25, 0.3) is 0 Å². The molecule has 98 valence electrons. The molecule has 1 aliphatic rings. The molecular weight excluding hydrogens is 316 g/mol. The zero-order valence-corrected chi connectivity index (χ0v) is 11.4. The molecule has 0 fully saturated rings. The van der Waals surface area contributed by atoms with Crippen LogP contribution in [-0.2, 0) is 0 Å². The van der Waals surface area contributed by atoms with E-state index in [9.17, 15) is 8.78 Å². The lowest BCUT2D eigenvalue weighted by molar-refractivity contribution is 0.204. The van der Waals surface area contributed by atoms with Crippen molar-refractivity contribution in [2.75, 3.05) is 11.9 Å². The molecule has 0 bridgehead atoms. The average molecular weight is 326 g/mol. The van der Waals surface area contributed by atoms with Gasteiger partial charge in [0.15, 0.2) is 0 Å². The van der Waals surface area contributed by atoms with Gasteiger partial charge in [-0.25, -0.2) is 8.78 Å². The van der Waals surface area contributed by atoms with E-state index >= 15 is 0 Å². The Kier molecular flexibility index (Phi) is 3.14. The number of fused-ring (bicyclic) bond motifs is 1. The van der Waals surface area contributed by atoms with Gasteiger partial charge in [0.25, 0.3) is 0 Å². The fraction of sp³-hybridized carbons (Fsp3) is 0.143. The number of hydrogen-bond donors (Lipinski definition) is 1. The Labute approximate surface area is 117 Å². The highest BCUT2D eigenvalue weighted by Gasteiger charge is 2.23. The molecule has 0 saturated heterocycles. The number of anilines is 1. The lowest BCUT2D eigenvalue weighted by Crippen LogP contribution is -2.24. The molecule has 0 amide bonds. The monoisotopic (exact) mass is 325 g/mol. The molecule has 1 heterocycles. The van der Waals surface area contributed by atoms with Crippen molar-refractivity contribution in [3.05, 3.63) is 58.1 Å². The summed E-state index contributed by atoms with van der Waals surface area (Å²) in [6, 6.07) is 9.07. The van der Waals surface area contributed by atoms with Gasteiger partial charge in [0, 0.05) is 16.1 Å². The highest BCUT2D eigenvalue weighted by atomic mass is 79.9. The van der Waals surface area contributed by atoms with Gasteiger partial charge in [-0.1, -0.05) is 22.0 Å². The minimum atomic E-state index is -0.470. The van der Waals surface area contributed by atoms with E-state index in [0.29, 0.717) is 22.3 Å². The molecule has 1 aliphatic heterocycles. The van der Waals surface area contributed by atoms with Crippen molar-refractivity contribution >= 4 is 21.6 Å². The van der Waals surface area contributed by atoms with Crippen LogP contribution >= 0.6 is 15.9 Å². The highest BCUT2D eigenvalue weighted by Crippen LogP contribution is 2.35. The van der Waals surface area contributed by atoms with E-state index in [4.69, 9.17) is 4.74 Å². The first-order valence-electron chi connectivity index (χ1n) is 5.78. The Morgan fingerprint density at radius 2 is 2.00 bits per heavy atom. The van der Waals surface area contributed by atoms with E-state index in [0.717, 1.165) is 5.69 Å². The van der Waals surface area contributed by atoms with Crippen molar-refractivity contribution in [1.82, 2.24) is 0 Å². The maximum absolute atomic E-state index is 13.9. The maximum atomic E-state index is 13.9. The van der Waals surface area contributed by atoms with E-state index in [2.05, 4.69) is 21.2 Å². The lowest BCUT2D eigenvalue weighted by Gasteiger charge is -2.27. The first-order valence-corrected chi connectivity index (χ1v) is 6.58. The predicted octanol–water partition coefficient (Wildman–Crippen LogP) is 4.27. The van der Waals surface area contributed by atoms with Crippen LogP contribution in [0.5, 0.6) is 5.75 Å². The Bertz CT molecular complexity index is 633. The number of rotatable bonds is 1. The summed E-state index contributed by atoms with van der Waals surface area (Å²) in [6.45, 7) is 0.442. The quantitative estimate of drug-likeness (QED) is 0.845. The number of nitrogens with one attached hydrogen (secondary N) is 1. The van der Waals surface area contributed by atoms with E-state index in [1.807, 2.05) is 0 Å². The van der Waals surface area contributed by atoms with Gasteiger partial charge in [-0.05, 0) is 24.3 Å². The molecule has 0 radical (unpaired) electrons. The van der Waals surface area contributed by atoms with Crippen molar-refractivity contribution in [3.63, 3.8) is 0 Å². The second-order valence-electron chi connectivity index (χ2n) is 4.29. The normalized spacial score (nSPS) is 17.3. The SMILES string of the molecule is Fc1ccc2c(c1)OC(c1ccc(Br)cc1F)CN2. The van der Waals surface area contributed by atoms with E-state index in [1.54, 1.807) is 18.2 Å². The zero-order valence-electron chi connectivity index (χ0n) is 9.79. The van der Waals surface area contributed by atoms with Crippen molar-refractivity contribution in [2.24, 2.45) is 0 Å². The number of ether oxygens (including phenoxy) is 1. The van der Waals surface area contributed by atoms with Crippen LogP contribution in [0.1, 0.15) is 11.7 Å². The van der Waals surface area contributed by atoms with Gasteiger partial charge in [0.1, 0.15) is 23.5 Å². The van der Waals surface area contributed by atoms with Crippen molar-refractivity contribution in [2.45, 2.75) is 6.10 Å². The van der Waals surface area contributed by atoms with Gasteiger partial charge < -0.3 is 10.1 Å². The van der Waals surface area contributed by atoms with Crippen LogP contribution in [0.15, 0.2) is 40.9 Å². The number of benzene rings is 2. The van der Waals surface area contributed by atoms with Gasteiger partial charge in [-0.15, -0.1) is 0 Å². The Hall–Kier alpha value is -1.62. The molecule has 1 N–H and O–H groups in total. The molecular formula is C14H10BrF2NO. The fourth-order valence-electron chi connectivity index (χ4n) is 2.07. The minimum absolute atomic E-state index is 0.346. The Balaban J connectivity index is 1.93. The van der Waals surface area contributed by atoms with Gasteiger partial charge in [0.2, 0.25) is 0 Å². The summed E-state index contributed by atoms with van der Waals surface area (Å²) in [5, 5.41) is 3.11. The number of halogens is 3. The standard InChI is InChI=1S/C14H10BrF2NO/c15-8-1-3-10(11(17)5-8)14-7-18-12-4-2-9(16)6-13(12)19-14/h1-6,14,18H,7H2. The van der Waals surface area contributed by atoms with E-state index in [-0.39, 0.29) is 11.6 Å². The molecule has 1 atom stereocenters. The summed E-state index contributed by atoms with van der Waals surface area (Å²) in [5.74, 6) is -0.322. The third kappa shape index (κ3) is 2.42. The molecule has 0 spiro atoms. The lowest BCUT2D eigenvalue weighted by atomic mass is 10.1. The summed E-state index contributed by atoms with van der Waals surface area (Å²) < 4.78 is 33.4. The predicted molar refractivity (Wildman–Crippen MR) is 72.4 cm³/mol. The first-order chi connectivity index (χ1) is 9.13. The van der Waals surface area contributed by atoms with Gasteiger partial charge >= 0.3 is 0 Å². The third-order valence-corrected chi connectivity index (χ3v) is 3.49. The molecule has 0 aliphatic carbocycles. The second-order valence-corrected chi connectivity index (χ2v) is 5.21. The molecule has 19 heavy (non-hydrogen) atoms. The zero-order chi connectivity index (χ0) is 13.4. The van der Waals surface area contributed by atoms with Gasteiger partial charge in [-0.3, -0.25) is 0 Å². The van der Waals surface area contributed by atoms with Gasteiger partial charge in [0.05, 0.1) is 12.2 Å². The summed E-state index contributed by atoms with van der Waals surface area (Å²) in [6.07, 6.45) is -0.470. The summed E-state index contributed by atoms with van der Waals surface area (Å²) in [7, 11) is 0. The van der Waals surface area contributed by atoms with Crippen molar-refractivity contribution in [1.29, 1.82) is 0 Å². The fourth-order valence-corrected chi connectivity index (χ4v) is 2.41. The van der Waals surface area contributed by atoms with Crippen LogP contribution in [0, 0.1) is 11.6 Å². The largest absolute Gasteiger partial charge is 0.481 e. The first kappa shape index (κ1) is 12.4. The van der Waals surface area contributed by atoms with Crippen LogP contribution in [-0.4, -0.2) is 6.54 Å². The molecule has 2 aromatic carbocycles. The average Bonchev–Trinajstić information content (AvgIpc) is 2.38. The maximum Gasteiger partial charge on any atom is 0.146 e. The van der Waals surface area contributed by atoms with Crippen molar-refractivity contribution in [3.8, 4) is 5.75 Å². The molecule has 5 heteroatoms. The van der Waals surface area contributed by atoms with Crippen LogP contribution in [0.4, 0.5) is 14.5 Å². The molecule has 2 aromatic rings. The molecule has 0 saturated carbocycles. The van der Waals surface area contributed by atoms with E-state index in [1.165, 1.54) is 18.2 Å². The topological polar surface area (TPSA) is 21.3 Å². The molecule has 2 nitrogen and oxygen atoms in total. The van der Waals surface area contributed by atoms with Gasteiger partial charge in [-0.2, -0.15) is 0 Å². The Morgan fingerprint density at radius 3 is 2.79 bits per heavy atom. The Morgan fingerprint density at radius 1 is 1.16 bits per heavy atom. The summed E-state index contributed by atoms with van der Waals surface area (Å²) >= 11 is 3.21. The van der Waals surface area contributed by atoms with Crippen LogP contribution in [0.2, 0.25) is 0 Å². The van der Waals surface area contributed by atoms with E-state index < -0.39 is 6.10 Å². The summed E-state index contributed by atoms with van der Waals surface area (Å²) in [4.78, 5) is 0. The second kappa shape index (κ2) is 4.81. The molecule has 1 unspecified atom stereocenters. The van der Waals surface area contributed by atoms with Crippen molar-refractivity contribution < 1.29 is 13.5 Å². The number of hydrogen-bond acceptors (Lipinski definition) is 2. The smallest absolute Gasteiger partial charge is 0.146 e. The summed E-state index contributed by atoms with van der Waals surface area (Å²) in [5.41, 5.74) is 1.17. The third-order valence-electron chi connectivity index (χ3n) is 3.00. The minimum Gasteiger partial charge on any atom is -0.481 e. The molecule has 0 aromatic heterocycles. The van der Waals surface area contributed by atoms with Crippen LogP contribution < -0.4 is 10.1 Å². The highest BCUT2D eigenvalue weighted by molar-refractivity contribution is 9.10. The molecule has 3 rings (SSSR count).